The van der Waals surface area contributed by atoms with Crippen LogP contribution in [0.5, 0.6) is 0 Å². The molecule has 1 amide bonds. The first-order chi connectivity index (χ1) is 11.6. The monoisotopic (exact) mass is 327 g/mol. The van der Waals surface area contributed by atoms with Crippen LogP contribution < -0.4 is 5.32 Å². The summed E-state index contributed by atoms with van der Waals surface area (Å²) in [4.78, 5) is 16.7. The van der Waals surface area contributed by atoms with Crippen LogP contribution in [0.2, 0.25) is 0 Å². The van der Waals surface area contributed by atoms with Gasteiger partial charge in [0.2, 0.25) is 0 Å². The first-order valence-electron chi connectivity index (χ1n) is 7.34. The Kier molecular flexibility index (Phi) is 4.37. The predicted molar refractivity (Wildman–Crippen MR) is 85.3 cm³/mol. The van der Waals surface area contributed by atoms with E-state index in [4.69, 9.17) is 0 Å². The van der Waals surface area contributed by atoms with Crippen molar-refractivity contribution in [2.45, 2.75) is 6.04 Å². The average Bonchev–Trinajstić information content (AvgIpc) is 2.99. The number of nitrogens with one attached hydrogen (secondary N) is 1. The average molecular weight is 327 g/mol. The zero-order valence-corrected chi connectivity index (χ0v) is 12.9. The Morgan fingerprint density at radius 1 is 1.12 bits per heavy atom. The van der Waals surface area contributed by atoms with Gasteiger partial charge >= 0.3 is 0 Å². The number of carbonyl (C=O) groups excluding carboxylic acids is 1. The molecule has 1 heterocycles. The molecule has 24 heavy (non-hydrogen) atoms. The molecule has 3 aromatic rings. The second-order valence-electron chi connectivity index (χ2n) is 5.33. The molecule has 1 N–H and O–H groups in total. The minimum Gasteiger partial charge on any atom is -0.338 e. The highest BCUT2D eigenvalue weighted by Gasteiger charge is 2.22. The van der Waals surface area contributed by atoms with E-state index in [0.717, 1.165) is 0 Å². The van der Waals surface area contributed by atoms with E-state index in [2.05, 4.69) is 10.3 Å². The van der Waals surface area contributed by atoms with Crippen molar-refractivity contribution in [1.82, 2.24) is 14.9 Å². The number of benzene rings is 2. The van der Waals surface area contributed by atoms with Gasteiger partial charge in [-0.25, -0.2) is 13.8 Å². The van der Waals surface area contributed by atoms with Gasteiger partial charge in [0.25, 0.3) is 5.91 Å². The molecule has 0 saturated carbocycles. The zero-order chi connectivity index (χ0) is 17.1. The van der Waals surface area contributed by atoms with Crippen LogP contribution in [-0.4, -0.2) is 15.5 Å². The highest BCUT2D eigenvalue weighted by molar-refractivity contribution is 5.94. The number of aromatic nitrogens is 2. The largest absolute Gasteiger partial charge is 0.338 e. The van der Waals surface area contributed by atoms with Crippen LogP contribution in [0.3, 0.4) is 0 Å². The fourth-order valence-corrected chi connectivity index (χ4v) is 2.46. The number of halogens is 2. The fraction of sp³-hybridized carbons (Fsp3) is 0.111. The van der Waals surface area contributed by atoms with Gasteiger partial charge in [0, 0.05) is 19.4 Å². The van der Waals surface area contributed by atoms with E-state index in [9.17, 15) is 13.6 Å². The van der Waals surface area contributed by atoms with Crippen molar-refractivity contribution in [1.29, 1.82) is 0 Å². The summed E-state index contributed by atoms with van der Waals surface area (Å²) in [6.45, 7) is 0. The molecule has 1 atom stereocenters. The number of hydrogen-bond donors (Lipinski definition) is 1. The molecule has 122 valence electrons. The topological polar surface area (TPSA) is 46.9 Å². The van der Waals surface area contributed by atoms with Crippen molar-refractivity contribution in [3.8, 4) is 0 Å². The lowest BCUT2D eigenvalue weighted by Gasteiger charge is -2.19. The zero-order valence-electron chi connectivity index (χ0n) is 12.9. The maximum absolute atomic E-state index is 13.8. The molecule has 0 fully saturated rings. The first kappa shape index (κ1) is 15.9. The van der Waals surface area contributed by atoms with Crippen molar-refractivity contribution < 1.29 is 13.6 Å². The molecule has 0 radical (unpaired) electrons. The molecule has 3 rings (SSSR count). The summed E-state index contributed by atoms with van der Waals surface area (Å²) in [7, 11) is 1.79. The standard InChI is InChI=1S/C18H15F2N3O/c1-23-11-10-21-17(23)16(12-6-8-13(19)9-7-12)22-18(24)14-4-2-3-5-15(14)20/h2-11,16H,1H3,(H,22,24)/t16-/m0/s1. The van der Waals surface area contributed by atoms with Crippen molar-refractivity contribution in [3.05, 3.63) is 89.5 Å². The van der Waals surface area contributed by atoms with Gasteiger partial charge in [-0.15, -0.1) is 0 Å². The molecule has 0 aliphatic rings. The second-order valence-corrected chi connectivity index (χ2v) is 5.33. The van der Waals surface area contributed by atoms with Gasteiger partial charge in [0.15, 0.2) is 0 Å². The molecule has 0 spiro atoms. The summed E-state index contributed by atoms with van der Waals surface area (Å²) >= 11 is 0. The third-order valence-electron chi connectivity index (χ3n) is 3.71. The lowest BCUT2D eigenvalue weighted by atomic mass is 10.0. The van der Waals surface area contributed by atoms with Crippen LogP contribution in [0.15, 0.2) is 60.9 Å². The molecule has 0 aliphatic heterocycles. The number of carbonyl (C=O) groups is 1. The molecule has 4 nitrogen and oxygen atoms in total. The normalized spacial score (nSPS) is 12.0. The summed E-state index contributed by atoms with van der Waals surface area (Å²) in [5.41, 5.74) is 0.592. The molecule has 6 heteroatoms. The van der Waals surface area contributed by atoms with Crippen LogP contribution in [0, 0.1) is 11.6 Å². The maximum Gasteiger partial charge on any atom is 0.255 e. The summed E-state index contributed by atoms with van der Waals surface area (Å²) in [5, 5.41) is 2.77. The molecule has 1 aromatic heterocycles. The number of nitrogens with zero attached hydrogens (tertiary/aromatic N) is 2. The van der Waals surface area contributed by atoms with Gasteiger partial charge < -0.3 is 9.88 Å². The molecule has 0 bridgehead atoms. The van der Waals surface area contributed by atoms with E-state index in [0.29, 0.717) is 11.4 Å². The predicted octanol–water partition coefficient (Wildman–Crippen LogP) is 3.22. The van der Waals surface area contributed by atoms with Crippen molar-refractivity contribution >= 4 is 5.91 Å². The van der Waals surface area contributed by atoms with Crippen LogP contribution in [0.25, 0.3) is 0 Å². The number of imidazole rings is 1. The quantitative estimate of drug-likeness (QED) is 0.800. The van der Waals surface area contributed by atoms with Crippen LogP contribution in [-0.2, 0) is 7.05 Å². The Balaban J connectivity index is 1.97. The Labute approximate surface area is 137 Å². The molecule has 2 aromatic carbocycles. The first-order valence-corrected chi connectivity index (χ1v) is 7.34. The third kappa shape index (κ3) is 3.17. The Morgan fingerprint density at radius 3 is 2.46 bits per heavy atom. The molecule has 0 saturated heterocycles. The van der Waals surface area contributed by atoms with Gasteiger partial charge in [0.1, 0.15) is 23.5 Å². The maximum atomic E-state index is 13.8. The van der Waals surface area contributed by atoms with E-state index in [1.807, 2.05) is 0 Å². The highest BCUT2D eigenvalue weighted by Crippen LogP contribution is 2.22. The van der Waals surface area contributed by atoms with Gasteiger partial charge in [-0.05, 0) is 29.8 Å². The minimum atomic E-state index is -0.627. The SMILES string of the molecule is Cn1ccnc1[C@@H](NC(=O)c1ccccc1F)c1ccc(F)cc1. The lowest BCUT2D eigenvalue weighted by molar-refractivity contribution is 0.0937. The highest BCUT2D eigenvalue weighted by atomic mass is 19.1. The number of hydrogen-bond acceptors (Lipinski definition) is 2. The molecular weight excluding hydrogens is 312 g/mol. The van der Waals surface area contributed by atoms with Crippen molar-refractivity contribution in [3.63, 3.8) is 0 Å². The Hall–Kier alpha value is -3.02. The summed E-state index contributed by atoms with van der Waals surface area (Å²) in [6.07, 6.45) is 3.34. The van der Waals surface area contributed by atoms with Crippen LogP contribution in [0.4, 0.5) is 8.78 Å². The summed E-state index contributed by atoms with van der Waals surface area (Å²) in [5.74, 6) is -0.984. The van der Waals surface area contributed by atoms with Crippen molar-refractivity contribution in [2.75, 3.05) is 0 Å². The Bertz CT molecular complexity index is 859. The molecule has 0 unspecified atom stereocenters. The fourth-order valence-electron chi connectivity index (χ4n) is 2.46. The van der Waals surface area contributed by atoms with Crippen molar-refractivity contribution in [2.24, 2.45) is 7.05 Å². The van der Waals surface area contributed by atoms with Crippen LogP contribution in [0.1, 0.15) is 27.8 Å². The number of rotatable bonds is 4. The molecular formula is C18H15F2N3O. The number of aryl methyl sites for hydroxylation is 1. The van der Waals surface area contributed by atoms with Gasteiger partial charge in [-0.2, -0.15) is 0 Å². The summed E-state index contributed by atoms with van der Waals surface area (Å²) in [6, 6.07) is 10.9. The van der Waals surface area contributed by atoms with E-state index >= 15 is 0 Å². The minimum absolute atomic E-state index is 0.0566. The smallest absolute Gasteiger partial charge is 0.255 e. The Morgan fingerprint density at radius 2 is 1.83 bits per heavy atom. The molecule has 0 aliphatic carbocycles. The van der Waals surface area contributed by atoms with Gasteiger partial charge in [0.05, 0.1) is 5.56 Å². The van der Waals surface area contributed by atoms with E-state index < -0.39 is 17.8 Å². The van der Waals surface area contributed by atoms with Gasteiger partial charge in [-0.3, -0.25) is 4.79 Å². The number of amides is 1. The van der Waals surface area contributed by atoms with Gasteiger partial charge in [-0.1, -0.05) is 24.3 Å². The van der Waals surface area contributed by atoms with E-state index in [1.54, 1.807) is 42.2 Å². The van der Waals surface area contributed by atoms with E-state index in [-0.39, 0.29) is 11.4 Å². The van der Waals surface area contributed by atoms with Crippen LogP contribution >= 0.6 is 0 Å². The van der Waals surface area contributed by atoms with E-state index in [1.165, 1.54) is 30.3 Å². The third-order valence-corrected chi connectivity index (χ3v) is 3.71. The lowest BCUT2D eigenvalue weighted by Crippen LogP contribution is -2.31. The second kappa shape index (κ2) is 6.62. The summed E-state index contributed by atoms with van der Waals surface area (Å²) < 4.78 is 28.8.